The molecule has 5 heteroatoms. The summed E-state index contributed by atoms with van der Waals surface area (Å²) in [5, 5.41) is 0.0473. The average molecular weight is 368 g/mol. The van der Waals surface area contributed by atoms with E-state index in [-0.39, 0.29) is 11.3 Å². The highest BCUT2D eigenvalue weighted by molar-refractivity contribution is 8.08. The molecule has 1 amide bonds. The SMILES string of the molecule is CCCCN1C(C(N)=O)=C(c2ccccc2)SC1c1ccc(CN)cc1. The lowest BCUT2D eigenvalue weighted by Crippen LogP contribution is -2.31. The molecule has 4 nitrogen and oxygen atoms in total. The maximum absolute atomic E-state index is 12.3. The molecule has 1 unspecified atom stereocenters. The molecule has 1 heterocycles. The Morgan fingerprint density at radius 2 is 1.81 bits per heavy atom. The molecular formula is C21H25N3OS. The summed E-state index contributed by atoms with van der Waals surface area (Å²) in [7, 11) is 0. The molecule has 136 valence electrons. The minimum absolute atomic E-state index is 0.0473. The Morgan fingerprint density at radius 1 is 1.12 bits per heavy atom. The van der Waals surface area contributed by atoms with Crippen molar-refractivity contribution in [1.29, 1.82) is 0 Å². The van der Waals surface area contributed by atoms with Gasteiger partial charge in [-0.2, -0.15) is 0 Å². The second kappa shape index (κ2) is 8.43. The fourth-order valence-corrected chi connectivity index (χ4v) is 4.61. The van der Waals surface area contributed by atoms with Crippen molar-refractivity contribution in [1.82, 2.24) is 4.90 Å². The first kappa shape index (κ1) is 18.5. The van der Waals surface area contributed by atoms with Crippen LogP contribution in [0.1, 0.15) is 41.8 Å². The highest BCUT2D eigenvalue weighted by Crippen LogP contribution is 2.51. The van der Waals surface area contributed by atoms with E-state index in [1.807, 2.05) is 30.3 Å². The molecule has 26 heavy (non-hydrogen) atoms. The van der Waals surface area contributed by atoms with Crippen LogP contribution in [0.3, 0.4) is 0 Å². The van der Waals surface area contributed by atoms with Crippen LogP contribution in [0.15, 0.2) is 60.3 Å². The number of rotatable bonds is 7. The van der Waals surface area contributed by atoms with Crippen molar-refractivity contribution in [3.63, 3.8) is 0 Å². The van der Waals surface area contributed by atoms with Crippen LogP contribution in [0, 0.1) is 0 Å². The largest absolute Gasteiger partial charge is 0.364 e. The zero-order valence-corrected chi connectivity index (χ0v) is 15.8. The summed E-state index contributed by atoms with van der Waals surface area (Å²) in [4.78, 5) is 15.5. The van der Waals surface area contributed by atoms with Crippen LogP contribution in [0.4, 0.5) is 0 Å². The highest BCUT2D eigenvalue weighted by atomic mass is 32.2. The number of benzene rings is 2. The minimum atomic E-state index is -0.367. The zero-order chi connectivity index (χ0) is 18.5. The van der Waals surface area contributed by atoms with Crippen LogP contribution in [-0.2, 0) is 11.3 Å². The van der Waals surface area contributed by atoms with Gasteiger partial charge in [0.05, 0.1) is 0 Å². The van der Waals surface area contributed by atoms with Crippen LogP contribution < -0.4 is 11.5 Å². The monoisotopic (exact) mass is 367 g/mol. The Kier molecular flexibility index (Phi) is 6.01. The van der Waals surface area contributed by atoms with Crippen LogP contribution in [0.5, 0.6) is 0 Å². The maximum atomic E-state index is 12.3. The Hall–Kier alpha value is -2.24. The lowest BCUT2D eigenvalue weighted by atomic mass is 10.1. The lowest BCUT2D eigenvalue weighted by molar-refractivity contribution is -0.116. The first-order valence-electron chi connectivity index (χ1n) is 8.97. The van der Waals surface area contributed by atoms with E-state index in [1.165, 1.54) is 0 Å². The molecule has 2 aromatic rings. The predicted molar refractivity (Wildman–Crippen MR) is 109 cm³/mol. The standard InChI is InChI=1S/C21H25N3OS/c1-2-3-13-24-18(20(23)25)19(16-7-5-4-6-8-16)26-21(24)17-11-9-15(14-22)10-12-17/h4-12,21H,2-3,13-14,22H2,1H3,(H2,23,25). The number of thioether (sulfide) groups is 1. The number of unbranched alkanes of at least 4 members (excludes halogenated alkanes) is 1. The molecule has 0 aromatic heterocycles. The molecule has 4 N–H and O–H groups in total. The molecule has 1 atom stereocenters. The number of hydrogen-bond donors (Lipinski definition) is 2. The lowest BCUT2D eigenvalue weighted by Gasteiger charge is -2.28. The van der Waals surface area contributed by atoms with E-state index in [4.69, 9.17) is 11.5 Å². The highest BCUT2D eigenvalue weighted by Gasteiger charge is 2.36. The van der Waals surface area contributed by atoms with Crippen LogP contribution in [0.2, 0.25) is 0 Å². The smallest absolute Gasteiger partial charge is 0.266 e. The average Bonchev–Trinajstić information content (AvgIpc) is 3.06. The van der Waals surface area contributed by atoms with Crippen molar-refractivity contribution in [2.45, 2.75) is 31.7 Å². The van der Waals surface area contributed by atoms with E-state index in [2.05, 4.69) is 36.1 Å². The van der Waals surface area contributed by atoms with Gasteiger partial charge in [-0.25, -0.2) is 0 Å². The molecule has 0 fully saturated rings. The van der Waals surface area contributed by atoms with Crippen molar-refractivity contribution >= 4 is 22.6 Å². The minimum Gasteiger partial charge on any atom is -0.364 e. The molecule has 0 saturated heterocycles. The predicted octanol–water partition coefficient (Wildman–Crippen LogP) is 3.85. The summed E-state index contributed by atoms with van der Waals surface area (Å²) < 4.78 is 0. The van der Waals surface area contributed by atoms with E-state index in [0.29, 0.717) is 12.2 Å². The van der Waals surface area contributed by atoms with Gasteiger partial charge in [0.25, 0.3) is 5.91 Å². The number of nitrogens with two attached hydrogens (primary N) is 2. The van der Waals surface area contributed by atoms with Crippen LogP contribution in [-0.4, -0.2) is 17.4 Å². The molecule has 2 aromatic carbocycles. The molecule has 0 aliphatic carbocycles. The van der Waals surface area contributed by atoms with E-state index in [9.17, 15) is 4.79 Å². The molecule has 0 saturated carbocycles. The van der Waals surface area contributed by atoms with E-state index >= 15 is 0 Å². The van der Waals surface area contributed by atoms with Gasteiger partial charge in [-0.1, -0.05) is 79.7 Å². The normalized spacial score (nSPS) is 17.0. The summed E-state index contributed by atoms with van der Waals surface area (Å²) in [5.41, 5.74) is 15.5. The summed E-state index contributed by atoms with van der Waals surface area (Å²) in [6, 6.07) is 18.3. The number of hydrogen-bond acceptors (Lipinski definition) is 4. The number of nitrogens with zero attached hydrogens (tertiary/aromatic N) is 1. The van der Waals surface area contributed by atoms with Gasteiger partial charge in [-0.3, -0.25) is 4.79 Å². The van der Waals surface area contributed by atoms with Crippen LogP contribution in [0.25, 0.3) is 4.91 Å². The Balaban J connectivity index is 2.02. The van der Waals surface area contributed by atoms with Crippen molar-refractivity contribution in [2.75, 3.05) is 6.54 Å². The van der Waals surface area contributed by atoms with Gasteiger partial charge in [0.15, 0.2) is 0 Å². The Labute approximate surface area is 159 Å². The van der Waals surface area contributed by atoms with Crippen molar-refractivity contribution in [3.8, 4) is 0 Å². The number of amides is 1. The van der Waals surface area contributed by atoms with E-state index < -0.39 is 0 Å². The van der Waals surface area contributed by atoms with Gasteiger partial charge in [-0.05, 0) is 23.1 Å². The first-order chi connectivity index (χ1) is 12.7. The molecule has 3 rings (SSSR count). The summed E-state index contributed by atoms with van der Waals surface area (Å²) in [6.45, 7) is 3.49. The van der Waals surface area contributed by atoms with Gasteiger partial charge >= 0.3 is 0 Å². The molecule has 0 spiro atoms. The van der Waals surface area contributed by atoms with Crippen LogP contribution >= 0.6 is 11.8 Å². The molecular weight excluding hydrogens is 342 g/mol. The van der Waals surface area contributed by atoms with Crippen molar-refractivity contribution in [2.24, 2.45) is 11.5 Å². The summed E-state index contributed by atoms with van der Waals surface area (Å²) >= 11 is 1.70. The quantitative estimate of drug-likeness (QED) is 0.780. The second-order valence-corrected chi connectivity index (χ2v) is 7.46. The Morgan fingerprint density at radius 3 is 2.38 bits per heavy atom. The van der Waals surface area contributed by atoms with Crippen molar-refractivity contribution < 1.29 is 4.79 Å². The third-order valence-corrected chi connectivity index (χ3v) is 5.95. The second-order valence-electron chi connectivity index (χ2n) is 6.37. The van der Waals surface area contributed by atoms with Gasteiger partial charge < -0.3 is 16.4 Å². The van der Waals surface area contributed by atoms with Gasteiger partial charge in [-0.15, -0.1) is 0 Å². The fraction of sp³-hybridized carbons (Fsp3) is 0.286. The molecule has 1 aliphatic rings. The van der Waals surface area contributed by atoms with E-state index in [0.717, 1.165) is 41.0 Å². The zero-order valence-electron chi connectivity index (χ0n) is 15.0. The van der Waals surface area contributed by atoms with E-state index in [1.54, 1.807) is 11.8 Å². The fourth-order valence-electron chi connectivity index (χ4n) is 3.15. The summed E-state index contributed by atoms with van der Waals surface area (Å²) in [5.74, 6) is -0.367. The number of primary amides is 1. The first-order valence-corrected chi connectivity index (χ1v) is 9.85. The Bertz CT molecular complexity index is 787. The molecule has 1 aliphatic heterocycles. The van der Waals surface area contributed by atoms with Gasteiger partial charge in [0.2, 0.25) is 0 Å². The molecule has 0 bridgehead atoms. The van der Waals surface area contributed by atoms with Crippen molar-refractivity contribution in [3.05, 3.63) is 77.0 Å². The summed E-state index contributed by atoms with van der Waals surface area (Å²) in [6.07, 6.45) is 2.07. The third kappa shape index (κ3) is 3.79. The number of carbonyl (C=O) groups excluding carboxylic acids is 1. The third-order valence-electron chi connectivity index (χ3n) is 4.54. The van der Waals surface area contributed by atoms with Gasteiger partial charge in [0.1, 0.15) is 11.1 Å². The van der Waals surface area contributed by atoms with Gasteiger partial charge in [0, 0.05) is 18.0 Å². The topological polar surface area (TPSA) is 72.3 Å². The molecule has 0 radical (unpaired) electrons. The maximum Gasteiger partial charge on any atom is 0.266 e. The number of carbonyl (C=O) groups is 1.